The molecule has 27 heavy (non-hydrogen) atoms. The van der Waals surface area contributed by atoms with E-state index in [2.05, 4.69) is 17.2 Å². The van der Waals surface area contributed by atoms with Gasteiger partial charge in [0.15, 0.2) is 0 Å². The smallest absolute Gasteiger partial charge is 0.367 e. The zero-order valence-electron chi connectivity index (χ0n) is 15.2. The summed E-state index contributed by atoms with van der Waals surface area (Å²) >= 11 is 0. The van der Waals surface area contributed by atoms with E-state index < -0.39 is 11.9 Å². The summed E-state index contributed by atoms with van der Waals surface area (Å²) in [5.41, 5.74) is -0.0584. The SMILES string of the molecule is CCCCNC(=O)N1CCN(c2cc(C(F)(F)F)nc3ccccc23)CC1. The highest BCUT2D eigenvalue weighted by molar-refractivity contribution is 5.92. The highest BCUT2D eigenvalue weighted by atomic mass is 19.4. The van der Waals surface area contributed by atoms with Gasteiger partial charge >= 0.3 is 12.2 Å². The second-order valence-electron chi connectivity index (χ2n) is 6.60. The molecule has 0 aliphatic carbocycles. The lowest BCUT2D eigenvalue weighted by Gasteiger charge is -2.36. The van der Waals surface area contributed by atoms with Crippen molar-refractivity contribution in [2.45, 2.75) is 25.9 Å². The lowest BCUT2D eigenvalue weighted by atomic mass is 10.1. The summed E-state index contributed by atoms with van der Waals surface area (Å²) in [7, 11) is 0. The van der Waals surface area contributed by atoms with Crippen LogP contribution in [-0.4, -0.2) is 48.6 Å². The molecular weight excluding hydrogens is 357 g/mol. The van der Waals surface area contributed by atoms with Gasteiger partial charge < -0.3 is 15.1 Å². The monoisotopic (exact) mass is 380 g/mol. The standard InChI is InChI=1S/C19H23F3N4O/c1-2-3-8-23-18(27)26-11-9-25(10-12-26)16-13-17(19(20,21)22)24-15-7-5-4-6-14(15)16/h4-7,13H,2-3,8-12H2,1H3,(H,23,27). The molecule has 5 nitrogen and oxygen atoms in total. The summed E-state index contributed by atoms with van der Waals surface area (Å²) in [5.74, 6) is 0. The number of benzene rings is 1. The van der Waals surface area contributed by atoms with Crippen LogP contribution in [-0.2, 0) is 6.18 Å². The van der Waals surface area contributed by atoms with Crippen molar-refractivity contribution in [2.24, 2.45) is 0 Å². The summed E-state index contributed by atoms with van der Waals surface area (Å²) < 4.78 is 39.7. The molecule has 0 saturated carbocycles. The number of halogens is 3. The van der Waals surface area contributed by atoms with E-state index in [9.17, 15) is 18.0 Å². The molecule has 1 aliphatic heterocycles. The lowest BCUT2D eigenvalue weighted by Crippen LogP contribution is -2.52. The molecule has 1 aromatic heterocycles. The van der Waals surface area contributed by atoms with Gasteiger partial charge in [0.2, 0.25) is 0 Å². The summed E-state index contributed by atoms with van der Waals surface area (Å²) in [4.78, 5) is 19.5. The topological polar surface area (TPSA) is 48.5 Å². The number of piperazine rings is 1. The maximum Gasteiger partial charge on any atom is 0.433 e. The van der Waals surface area contributed by atoms with Crippen LogP contribution < -0.4 is 10.2 Å². The maximum atomic E-state index is 13.2. The molecule has 1 aliphatic rings. The van der Waals surface area contributed by atoms with Crippen LogP contribution in [0.4, 0.5) is 23.7 Å². The van der Waals surface area contributed by atoms with E-state index in [0.29, 0.717) is 49.3 Å². The molecule has 1 N–H and O–H groups in total. The average Bonchev–Trinajstić information content (AvgIpc) is 2.66. The predicted molar refractivity (Wildman–Crippen MR) is 98.8 cm³/mol. The van der Waals surface area contributed by atoms with E-state index in [0.717, 1.165) is 18.9 Å². The third-order valence-electron chi connectivity index (χ3n) is 4.70. The molecular formula is C19H23F3N4O. The van der Waals surface area contributed by atoms with E-state index in [1.165, 1.54) is 0 Å². The van der Waals surface area contributed by atoms with E-state index in [1.807, 2.05) is 4.90 Å². The molecule has 1 fully saturated rings. The molecule has 2 heterocycles. The van der Waals surface area contributed by atoms with Gasteiger partial charge in [-0.15, -0.1) is 0 Å². The molecule has 1 saturated heterocycles. The Morgan fingerprint density at radius 2 is 1.89 bits per heavy atom. The normalized spacial score (nSPS) is 15.3. The molecule has 2 aromatic rings. The summed E-state index contributed by atoms with van der Waals surface area (Å²) in [5, 5.41) is 3.56. The van der Waals surface area contributed by atoms with Gasteiger partial charge in [0.25, 0.3) is 0 Å². The van der Waals surface area contributed by atoms with E-state index in [4.69, 9.17) is 0 Å². The lowest BCUT2D eigenvalue weighted by molar-refractivity contribution is -0.140. The number of anilines is 1. The maximum absolute atomic E-state index is 13.2. The van der Waals surface area contributed by atoms with Crippen molar-refractivity contribution in [1.82, 2.24) is 15.2 Å². The van der Waals surface area contributed by atoms with Crippen molar-refractivity contribution in [3.63, 3.8) is 0 Å². The second kappa shape index (κ2) is 8.02. The van der Waals surface area contributed by atoms with Crippen LogP contribution in [0.1, 0.15) is 25.5 Å². The van der Waals surface area contributed by atoms with Gasteiger partial charge in [0.1, 0.15) is 5.69 Å². The summed E-state index contributed by atoms with van der Waals surface area (Å²) in [6, 6.07) is 7.83. The first kappa shape index (κ1) is 19.3. The molecule has 8 heteroatoms. The fraction of sp³-hybridized carbons (Fsp3) is 0.474. The fourth-order valence-electron chi connectivity index (χ4n) is 3.20. The first-order valence-corrected chi connectivity index (χ1v) is 9.15. The number of hydrogen-bond donors (Lipinski definition) is 1. The molecule has 0 bridgehead atoms. The molecule has 0 atom stereocenters. The first-order valence-electron chi connectivity index (χ1n) is 9.15. The molecule has 3 rings (SSSR count). The highest BCUT2D eigenvalue weighted by Gasteiger charge is 2.34. The van der Waals surface area contributed by atoms with Crippen LogP contribution in [0, 0.1) is 0 Å². The van der Waals surface area contributed by atoms with Crippen LogP contribution in [0.5, 0.6) is 0 Å². The number of urea groups is 1. The van der Waals surface area contributed by atoms with Crippen LogP contribution >= 0.6 is 0 Å². The molecule has 146 valence electrons. The van der Waals surface area contributed by atoms with Crippen molar-refractivity contribution < 1.29 is 18.0 Å². The quantitative estimate of drug-likeness (QED) is 0.819. The Balaban J connectivity index is 1.78. The van der Waals surface area contributed by atoms with E-state index >= 15 is 0 Å². The first-order chi connectivity index (χ1) is 12.9. The fourth-order valence-corrected chi connectivity index (χ4v) is 3.20. The van der Waals surface area contributed by atoms with Crippen molar-refractivity contribution in [3.05, 3.63) is 36.0 Å². The molecule has 1 aromatic carbocycles. The highest BCUT2D eigenvalue weighted by Crippen LogP contribution is 2.34. The van der Waals surface area contributed by atoms with Crippen LogP contribution in [0.25, 0.3) is 10.9 Å². The van der Waals surface area contributed by atoms with Crippen molar-refractivity contribution >= 4 is 22.6 Å². The number of para-hydroxylation sites is 1. The number of nitrogens with zero attached hydrogens (tertiary/aromatic N) is 3. The van der Waals surface area contributed by atoms with Crippen molar-refractivity contribution in [1.29, 1.82) is 0 Å². The molecule has 0 radical (unpaired) electrons. The Hall–Kier alpha value is -2.51. The minimum Gasteiger partial charge on any atom is -0.367 e. The van der Waals surface area contributed by atoms with E-state index in [1.54, 1.807) is 29.2 Å². The van der Waals surface area contributed by atoms with Gasteiger partial charge in [0, 0.05) is 43.8 Å². The largest absolute Gasteiger partial charge is 0.433 e. The molecule has 0 unspecified atom stereocenters. The van der Waals surface area contributed by atoms with Gasteiger partial charge in [-0.1, -0.05) is 31.5 Å². The van der Waals surface area contributed by atoms with Crippen LogP contribution in [0.3, 0.4) is 0 Å². The van der Waals surface area contributed by atoms with Crippen LogP contribution in [0.2, 0.25) is 0 Å². The number of unbranched alkanes of at least 4 members (excludes halogenated alkanes) is 1. The number of alkyl halides is 3. The number of fused-ring (bicyclic) bond motifs is 1. The summed E-state index contributed by atoms with van der Waals surface area (Å²) in [6.07, 6.45) is -2.57. The zero-order valence-corrected chi connectivity index (χ0v) is 15.2. The Labute approximate surface area is 156 Å². The van der Waals surface area contributed by atoms with Crippen molar-refractivity contribution in [3.8, 4) is 0 Å². The Bertz CT molecular complexity index is 801. The van der Waals surface area contributed by atoms with Crippen LogP contribution in [0.15, 0.2) is 30.3 Å². The number of carbonyl (C=O) groups excluding carboxylic acids is 1. The third-order valence-corrected chi connectivity index (χ3v) is 4.70. The number of nitrogens with one attached hydrogen (secondary N) is 1. The third kappa shape index (κ3) is 4.43. The average molecular weight is 380 g/mol. The number of carbonyl (C=O) groups is 1. The van der Waals surface area contributed by atoms with Gasteiger partial charge in [-0.3, -0.25) is 0 Å². The van der Waals surface area contributed by atoms with Gasteiger partial charge in [-0.2, -0.15) is 13.2 Å². The molecule has 0 spiro atoms. The Morgan fingerprint density at radius 1 is 1.19 bits per heavy atom. The van der Waals surface area contributed by atoms with Gasteiger partial charge in [-0.05, 0) is 18.6 Å². The number of aromatic nitrogens is 1. The predicted octanol–water partition coefficient (Wildman–Crippen LogP) is 3.89. The Morgan fingerprint density at radius 3 is 2.56 bits per heavy atom. The number of hydrogen-bond acceptors (Lipinski definition) is 3. The van der Waals surface area contributed by atoms with Gasteiger partial charge in [-0.25, -0.2) is 9.78 Å². The number of amides is 2. The molecule has 2 amide bonds. The second-order valence-corrected chi connectivity index (χ2v) is 6.60. The Kier molecular flexibility index (Phi) is 5.72. The van der Waals surface area contributed by atoms with Gasteiger partial charge in [0.05, 0.1) is 5.52 Å². The minimum absolute atomic E-state index is 0.112. The number of pyridine rings is 1. The minimum atomic E-state index is -4.50. The van der Waals surface area contributed by atoms with E-state index in [-0.39, 0.29) is 6.03 Å². The number of rotatable bonds is 4. The summed E-state index contributed by atoms with van der Waals surface area (Å²) in [6.45, 7) is 4.59. The van der Waals surface area contributed by atoms with Crippen molar-refractivity contribution in [2.75, 3.05) is 37.6 Å². The zero-order chi connectivity index (χ0) is 19.4.